The number of aryl methyl sites for hydroxylation is 1. The second kappa shape index (κ2) is 13.2. The third-order valence-electron chi connectivity index (χ3n) is 4.52. The molecule has 164 valence electrons. The zero-order valence-corrected chi connectivity index (χ0v) is 18.4. The van der Waals surface area contributed by atoms with Crippen molar-refractivity contribution in [3.63, 3.8) is 0 Å². The fourth-order valence-corrected chi connectivity index (χ4v) is 2.67. The van der Waals surface area contributed by atoms with E-state index in [0.29, 0.717) is 37.3 Å². The Hall–Kier alpha value is -2.12. The van der Waals surface area contributed by atoms with Gasteiger partial charge in [0.05, 0.1) is 47.1 Å². The summed E-state index contributed by atoms with van der Waals surface area (Å²) in [6.45, 7) is 8.90. The lowest BCUT2D eigenvalue weighted by atomic mass is 10.1. The number of ether oxygens (including phenoxy) is 4. The Morgan fingerprint density at radius 1 is 0.897 bits per heavy atom. The highest BCUT2D eigenvalue weighted by molar-refractivity contribution is 5.94. The average Bonchev–Trinajstić information content (AvgIpc) is 2.66. The summed E-state index contributed by atoms with van der Waals surface area (Å²) in [5.41, 5.74) is 1.20. The van der Waals surface area contributed by atoms with E-state index in [-0.39, 0.29) is 13.2 Å². The average molecular weight is 411 g/mol. The second-order valence-electron chi connectivity index (χ2n) is 7.50. The number of quaternary nitrogens is 1. The Bertz CT molecular complexity index is 596. The molecule has 0 fully saturated rings. The molecule has 7 nitrogen and oxygen atoms in total. The van der Waals surface area contributed by atoms with Crippen LogP contribution < -0.4 is 4.74 Å². The van der Waals surface area contributed by atoms with Crippen LogP contribution in [-0.4, -0.2) is 76.6 Å². The summed E-state index contributed by atoms with van der Waals surface area (Å²) < 4.78 is 22.0. The van der Waals surface area contributed by atoms with Gasteiger partial charge >= 0.3 is 11.9 Å². The van der Waals surface area contributed by atoms with Crippen molar-refractivity contribution in [3.8, 4) is 5.75 Å². The van der Waals surface area contributed by atoms with Crippen molar-refractivity contribution in [2.75, 3.05) is 60.2 Å². The van der Waals surface area contributed by atoms with Crippen LogP contribution in [0.3, 0.4) is 0 Å². The minimum atomic E-state index is -0.879. The van der Waals surface area contributed by atoms with Gasteiger partial charge in [0.2, 0.25) is 0 Å². The number of rotatable bonds is 14. The Morgan fingerprint density at radius 3 is 2.03 bits per heavy atom. The first-order chi connectivity index (χ1) is 13.8. The van der Waals surface area contributed by atoms with Gasteiger partial charge in [0.15, 0.2) is 5.92 Å². The van der Waals surface area contributed by atoms with Crippen LogP contribution in [0.4, 0.5) is 0 Å². The third-order valence-corrected chi connectivity index (χ3v) is 4.52. The maximum Gasteiger partial charge on any atom is 0.320 e. The van der Waals surface area contributed by atoms with E-state index in [0.717, 1.165) is 12.3 Å². The van der Waals surface area contributed by atoms with Crippen LogP contribution in [0, 0.1) is 12.8 Å². The van der Waals surface area contributed by atoms with Gasteiger partial charge in [-0.3, -0.25) is 9.59 Å². The molecule has 0 atom stereocenters. The molecule has 0 amide bonds. The van der Waals surface area contributed by atoms with Crippen LogP contribution in [0.25, 0.3) is 0 Å². The summed E-state index contributed by atoms with van der Waals surface area (Å²) in [5.74, 6) is -1.08. The van der Waals surface area contributed by atoms with Crippen molar-refractivity contribution < 1.29 is 33.0 Å². The summed E-state index contributed by atoms with van der Waals surface area (Å²) in [5, 5.41) is 0. The molecule has 0 unspecified atom stereocenters. The van der Waals surface area contributed by atoms with Gasteiger partial charge in [-0.05, 0) is 32.9 Å². The van der Waals surface area contributed by atoms with Crippen molar-refractivity contribution in [3.05, 3.63) is 29.8 Å². The molecule has 0 spiro atoms. The highest BCUT2D eigenvalue weighted by atomic mass is 16.6. The van der Waals surface area contributed by atoms with E-state index < -0.39 is 17.9 Å². The van der Waals surface area contributed by atoms with Gasteiger partial charge in [-0.1, -0.05) is 17.7 Å². The van der Waals surface area contributed by atoms with Gasteiger partial charge in [-0.15, -0.1) is 0 Å². The van der Waals surface area contributed by atoms with Crippen LogP contribution in [0.2, 0.25) is 0 Å². The molecule has 0 N–H and O–H groups in total. The maximum atomic E-state index is 12.1. The maximum absolute atomic E-state index is 12.1. The lowest BCUT2D eigenvalue weighted by Gasteiger charge is -2.30. The Kier molecular flexibility index (Phi) is 11.3. The lowest BCUT2D eigenvalue weighted by Crippen LogP contribution is -2.45. The molecule has 0 heterocycles. The molecular weight excluding hydrogens is 374 g/mol. The SMILES string of the molecule is CCOC(=O)C(CC[N+](C)(C)CCOCCOc1ccc(C)cc1)C(=O)OCC. The molecule has 1 aromatic rings. The topological polar surface area (TPSA) is 71.1 Å². The molecule has 29 heavy (non-hydrogen) atoms. The van der Waals surface area contributed by atoms with Crippen molar-refractivity contribution in [2.45, 2.75) is 27.2 Å². The summed E-state index contributed by atoms with van der Waals surface area (Å²) in [6.07, 6.45) is 0.376. The molecule has 0 aliphatic rings. The van der Waals surface area contributed by atoms with E-state index in [4.69, 9.17) is 18.9 Å². The second-order valence-corrected chi connectivity index (χ2v) is 7.50. The van der Waals surface area contributed by atoms with Crippen molar-refractivity contribution in [2.24, 2.45) is 5.92 Å². The molecule has 0 aliphatic heterocycles. The number of hydrogen-bond acceptors (Lipinski definition) is 6. The summed E-state index contributed by atoms with van der Waals surface area (Å²) in [7, 11) is 4.08. The number of carbonyl (C=O) groups is 2. The molecule has 0 saturated heterocycles. The smallest absolute Gasteiger partial charge is 0.320 e. The molecule has 0 radical (unpaired) electrons. The van der Waals surface area contributed by atoms with Crippen molar-refractivity contribution in [1.29, 1.82) is 0 Å². The summed E-state index contributed by atoms with van der Waals surface area (Å²) in [4.78, 5) is 24.2. The molecule has 1 rings (SSSR count). The van der Waals surface area contributed by atoms with Gasteiger partial charge in [-0.2, -0.15) is 0 Å². The Morgan fingerprint density at radius 2 is 1.48 bits per heavy atom. The number of carbonyl (C=O) groups excluding carboxylic acids is 2. The number of hydrogen-bond donors (Lipinski definition) is 0. The van der Waals surface area contributed by atoms with Gasteiger partial charge in [0, 0.05) is 6.42 Å². The van der Waals surface area contributed by atoms with Gasteiger partial charge in [-0.25, -0.2) is 0 Å². The Labute approximate surface area is 174 Å². The zero-order chi connectivity index (χ0) is 21.7. The van der Waals surface area contributed by atoms with Crippen LogP contribution in [0.15, 0.2) is 24.3 Å². The fourth-order valence-electron chi connectivity index (χ4n) is 2.67. The number of benzene rings is 1. The predicted octanol–water partition coefficient (Wildman–Crippen LogP) is 2.60. The van der Waals surface area contributed by atoms with Crippen molar-refractivity contribution >= 4 is 11.9 Å². The van der Waals surface area contributed by atoms with Crippen molar-refractivity contribution in [1.82, 2.24) is 0 Å². The molecule has 0 aromatic heterocycles. The van der Waals surface area contributed by atoms with Crippen LogP contribution in [0.5, 0.6) is 5.75 Å². The van der Waals surface area contributed by atoms with E-state index in [1.54, 1.807) is 13.8 Å². The highest BCUT2D eigenvalue weighted by Gasteiger charge is 2.32. The molecule has 0 saturated carbocycles. The van der Waals surface area contributed by atoms with E-state index in [1.165, 1.54) is 5.56 Å². The lowest BCUT2D eigenvalue weighted by molar-refractivity contribution is -0.891. The summed E-state index contributed by atoms with van der Waals surface area (Å²) in [6, 6.07) is 7.91. The highest BCUT2D eigenvalue weighted by Crippen LogP contribution is 2.13. The monoisotopic (exact) mass is 410 g/mol. The minimum Gasteiger partial charge on any atom is -0.491 e. The number of esters is 2. The van der Waals surface area contributed by atoms with Crippen LogP contribution in [-0.2, 0) is 23.8 Å². The van der Waals surface area contributed by atoms with Crippen LogP contribution in [0.1, 0.15) is 25.8 Å². The predicted molar refractivity (Wildman–Crippen MR) is 111 cm³/mol. The zero-order valence-electron chi connectivity index (χ0n) is 18.4. The standard InChI is InChI=1S/C22H36NO6/c1-6-27-21(24)20(22(25)28-7-2)12-13-23(4,5)14-15-26-16-17-29-19-10-8-18(3)9-11-19/h8-11,20H,6-7,12-17H2,1-5H3/q+1. The van der Waals surface area contributed by atoms with E-state index in [2.05, 4.69) is 0 Å². The van der Waals surface area contributed by atoms with E-state index in [9.17, 15) is 9.59 Å². The molecular formula is C22H36NO6+. The molecule has 1 aromatic carbocycles. The Balaban J connectivity index is 2.32. The van der Waals surface area contributed by atoms with E-state index in [1.807, 2.05) is 45.3 Å². The van der Waals surface area contributed by atoms with Gasteiger partial charge in [0.25, 0.3) is 0 Å². The summed E-state index contributed by atoms with van der Waals surface area (Å²) >= 11 is 0. The first-order valence-electron chi connectivity index (χ1n) is 10.2. The third kappa shape index (κ3) is 10.3. The first kappa shape index (κ1) is 24.9. The molecule has 7 heteroatoms. The van der Waals surface area contributed by atoms with Gasteiger partial charge < -0.3 is 23.4 Å². The fraction of sp³-hybridized carbons (Fsp3) is 0.636. The van der Waals surface area contributed by atoms with E-state index >= 15 is 0 Å². The number of nitrogens with zero attached hydrogens (tertiary/aromatic N) is 1. The molecule has 0 aliphatic carbocycles. The number of likely N-dealkylation sites (N-methyl/N-ethyl adjacent to an activating group) is 1. The minimum absolute atomic E-state index is 0.242. The first-order valence-corrected chi connectivity index (χ1v) is 10.2. The molecule has 0 bridgehead atoms. The quantitative estimate of drug-likeness (QED) is 0.203. The van der Waals surface area contributed by atoms with Crippen LogP contribution >= 0.6 is 0 Å². The largest absolute Gasteiger partial charge is 0.491 e. The van der Waals surface area contributed by atoms with Gasteiger partial charge in [0.1, 0.15) is 18.9 Å². The normalized spacial score (nSPS) is 11.4.